The van der Waals surface area contributed by atoms with Crippen molar-refractivity contribution >= 4 is 0 Å². The van der Waals surface area contributed by atoms with E-state index in [0.29, 0.717) is 6.10 Å². The van der Waals surface area contributed by atoms with E-state index in [-0.39, 0.29) is 0 Å². The van der Waals surface area contributed by atoms with Crippen LogP contribution >= 0.6 is 0 Å². The maximum absolute atomic E-state index is 4.70. The van der Waals surface area contributed by atoms with E-state index in [9.17, 15) is 0 Å². The minimum atomic E-state index is 0.398. The van der Waals surface area contributed by atoms with Crippen LogP contribution in [0, 0.1) is 6.61 Å². The summed E-state index contributed by atoms with van der Waals surface area (Å²) in [5, 5.41) is 0. The maximum Gasteiger partial charge on any atom is 0.164 e. The van der Waals surface area contributed by atoms with Gasteiger partial charge in [-0.15, -0.1) is 0 Å². The summed E-state index contributed by atoms with van der Waals surface area (Å²) in [4.78, 5) is 0. The van der Waals surface area contributed by atoms with Gasteiger partial charge in [0.25, 0.3) is 0 Å². The molecule has 0 aromatic carbocycles. The highest BCUT2D eigenvalue weighted by Gasteiger charge is 2.22. The Labute approximate surface area is 38.3 Å². The second-order valence-electron chi connectivity index (χ2n) is 1.51. The molecular weight excluding hydrogens is 76.1 g/mol. The quantitative estimate of drug-likeness (QED) is 0.458. The fourth-order valence-electron chi connectivity index (χ4n) is 0.428. The molecule has 6 heavy (non-hydrogen) atoms. The SMILES string of the molecule is CCCC1[C]O1. The second kappa shape index (κ2) is 1.61. The molecule has 34 valence electrons. The lowest BCUT2D eigenvalue weighted by Crippen LogP contribution is -1.77. The maximum atomic E-state index is 4.70. The Morgan fingerprint density at radius 1 is 1.83 bits per heavy atom. The molecule has 0 aromatic rings. The minimum Gasteiger partial charge on any atom is -0.359 e. The normalized spacial score (nSPS) is 30.5. The van der Waals surface area contributed by atoms with Crippen molar-refractivity contribution in [3.63, 3.8) is 0 Å². The van der Waals surface area contributed by atoms with Crippen LogP contribution in [-0.2, 0) is 4.74 Å². The van der Waals surface area contributed by atoms with Gasteiger partial charge in [0.2, 0.25) is 0 Å². The zero-order valence-corrected chi connectivity index (χ0v) is 3.90. The zero-order chi connectivity index (χ0) is 4.41. The molecule has 1 aliphatic heterocycles. The van der Waals surface area contributed by atoms with Crippen LogP contribution in [0.4, 0.5) is 0 Å². The standard InChI is InChI=1S/C5H8O/c1-2-3-5-4-6-5/h5H,2-3H2,1H3. The Hall–Kier alpha value is -0.0400. The van der Waals surface area contributed by atoms with Crippen molar-refractivity contribution in [2.45, 2.75) is 25.9 Å². The summed E-state index contributed by atoms with van der Waals surface area (Å²) in [5.74, 6) is 0. The second-order valence-corrected chi connectivity index (χ2v) is 1.51. The van der Waals surface area contributed by atoms with Crippen LogP contribution in [0.3, 0.4) is 0 Å². The summed E-state index contributed by atoms with van der Waals surface area (Å²) in [6, 6.07) is 0. The van der Waals surface area contributed by atoms with Crippen LogP contribution in [0.1, 0.15) is 19.8 Å². The van der Waals surface area contributed by atoms with Crippen LogP contribution < -0.4 is 0 Å². The fraction of sp³-hybridized carbons (Fsp3) is 0.800. The molecular formula is C5H8O. The van der Waals surface area contributed by atoms with Gasteiger partial charge in [0.05, 0.1) is 6.10 Å². The molecule has 1 aliphatic rings. The third-order valence-electron chi connectivity index (χ3n) is 0.835. The van der Waals surface area contributed by atoms with Crippen molar-refractivity contribution in [2.24, 2.45) is 0 Å². The summed E-state index contributed by atoms with van der Waals surface area (Å²) in [6.07, 6.45) is 2.76. The summed E-state index contributed by atoms with van der Waals surface area (Å²) in [5.41, 5.74) is 0. The van der Waals surface area contributed by atoms with E-state index in [1.54, 1.807) is 0 Å². The minimum absolute atomic E-state index is 0.398. The molecule has 1 atom stereocenters. The van der Waals surface area contributed by atoms with Gasteiger partial charge in [-0.05, 0) is 6.42 Å². The van der Waals surface area contributed by atoms with Crippen LogP contribution in [0.25, 0.3) is 0 Å². The molecule has 1 heterocycles. The first-order chi connectivity index (χ1) is 2.93. The number of hydrogen-bond donors (Lipinski definition) is 0. The van der Waals surface area contributed by atoms with Crippen LogP contribution in [0.5, 0.6) is 0 Å². The van der Waals surface area contributed by atoms with E-state index in [2.05, 4.69) is 13.5 Å². The first kappa shape index (κ1) is 4.13. The Balaban J connectivity index is 1.88. The van der Waals surface area contributed by atoms with E-state index in [1.807, 2.05) is 0 Å². The lowest BCUT2D eigenvalue weighted by Gasteiger charge is -1.79. The molecule has 1 saturated heterocycles. The van der Waals surface area contributed by atoms with Crippen molar-refractivity contribution in [1.29, 1.82) is 0 Å². The molecule has 2 radical (unpaired) electrons. The number of ether oxygens (including phenoxy) is 1. The van der Waals surface area contributed by atoms with Gasteiger partial charge < -0.3 is 4.74 Å². The molecule has 0 N–H and O–H groups in total. The van der Waals surface area contributed by atoms with Crippen LogP contribution in [-0.4, -0.2) is 6.10 Å². The summed E-state index contributed by atoms with van der Waals surface area (Å²) >= 11 is 0. The molecule has 0 spiro atoms. The molecule has 1 rings (SSSR count). The average Bonchev–Trinajstić information content (AvgIpc) is 2.21. The predicted octanol–water partition coefficient (Wildman–Crippen LogP) is 1.22. The molecule has 0 bridgehead atoms. The highest BCUT2D eigenvalue weighted by molar-refractivity contribution is 4.81. The van der Waals surface area contributed by atoms with Crippen LogP contribution in [0.2, 0.25) is 0 Å². The lowest BCUT2D eigenvalue weighted by molar-refractivity contribution is 0.409. The van der Waals surface area contributed by atoms with Crippen molar-refractivity contribution < 1.29 is 4.74 Å². The van der Waals surface area contributed by atoms with Gasteiger partial charge in [-0.3, -0.25) is 0 Å². The molecule has 1 unspecified atom stereocenters. The van der Waals surface area contributed by atoms with Gasteiger partial charge in [0, 0.05) is 0 Å². The monoisotopic (exact) mass is 84.1 g/mol. The van der Waals surface area contributed by atoms with E-state index >= 15 is 0 Å². The first-order valence-corrected chi connectivity index (χ1v) is 2.34. The molecule has 0 saturated carbocycles. The lowest BCUT2D eigenvalue weighted by atomic mass is 10.3. The van der Waals surface area contributed by atoms with Gasteiger partial charge in [-0.2, -0.15) is 0 Å². The van der Waals surface area contributed by atoms with E-state index in [0.717, 1.165) is 6.42 Å². The predicted molar refractivity (Wildman–Crippen MR) is 23.0 cm³/mol. The molecule has 0 amide bonds. The number of hydrogen-bond acceptors (Lipinski definition) is 1. The Kier molecular flexibility index (Phi) is 1.10. The Morgan fingerprint density at radius 2 is 2.50 bits per heavy atom. The van der Waals surface area contributed by atoms with Gasteiger partial charge in [0.1, 0.15) is 0 Å². The average molecular weight is 84.1 g/mol. The van der Waals surface area contributed by atoms with Crippen molar-refractivity contribution in [1.82, 2.24) is 0 Å². The van der Waals surface area contributed by atoms with Crippen molar-refractivity contribution in [3.05, 3.63) is 6.61 Å². The fourth-order valence-corrected chi connectivity index (χ4v) is 0.428. The zero-order valence-electron chi connectivity index (χ0n) is 3.90. The molecule has 1 heteroatoms. The largest absolute Gasteiger partial charge is 0.359 e. The number of epoxide rings is 1. The van der Waals surface area contributed by atoms with Crippen molar-refractivity contribution in [2.75, 3.05) is 0 Å². The van der Waals surface area contributed by atoms with Gasteiger partial charge in [-0.1, -0.05) is 13.3 Å². The Bertz CT molecular complexity index is 39.2. The number of rotatable bonds is 2. The molecule has 1 fully saturated rings. The van der Waals surface area contributed by atoms with Gasteiger partial charge >= 0.3 is 0 Å². The van der Waals surface area contributed by atoms with E-state index in [4.69, 9.17) is 4.74 Å². The van der Waals surface area contributed by atoms with Gasteiger partial charge in [0.15, 0.2) is 6.61 Å². The van der Waals surface area contributed by atoms with E-state index < -0.39 is 0 Å². The van der Waals surface area contributed by atoms with Crippen molar-refractivity contribution in [3.8, 4) is 0 Å². The highest BCUT2D eigenvalue weighted by Crippen LogP contribution is 2.20. The topological polar surface area (TPSA) is 12.5 Å². The smallest absolute Gasteiger partial charge is 0.164 e. The van der Waals surface area contributed by atoms with E-state index in [1.165, 1.54) is 6.42 Å². The highest BCUT2D eigenvalue weighted by atomic mass is 16.6. The molecule has 0 aliphatic carbocycles. The summed E-state index contributed by atoms with van der Waals surface area (Å²) in [6.45, 7) is 4.88. The van der Waals surface area contributed by atoms with Crippen LogP contribution in [0.15, 0.2) is 0 Å². The third-order valence-corrected chi connectivity index (χ3v) is 0.835. The third kappa shape index (κ3) is 0.977. The molecule has 1 nitrogen and oxygen atoms in total. The van der Waals surface area contributed by atoms with Gasteiger partial charge in [-0.25, -0.2) is 0 Å². The molecule has 0 aromatic heterocycles. The summed E-state index contributed by atoms with van der Waals surface area (Å²) < 4.78 is 4.70. The first-order valence-electron chi connectivity index (χ1n) is 2.34. The summed E-state index contributed by atoms with van der Waals surface area (Å²) in [7, 11) is 0. The Morgan fingerprint density at radius 3 is 2.67 bits per heavy atom.